The molecule has 0 bridgehead atoms. The summed E-state index contributed by atoms with van der Waals surface area (Å²) in [5.41, 5.74) is 15.3. The van der Waals surface area contributed by atoms with E-state index in [0.29, 0.717) is 0 Å². The minimum absolute atomic E-state index is 0.467. The van der Waals surface area contributed by atoms with Crippen LogP contribution in [0.1, 0.15) is 22.3 Å². The highest BCUT2D eigenvalue weighted by molar-refractivity contribution is 6.22. The van der Waals surface area contributed by atoms with Crippen molar-refractivity contribution < 1.29 is 0 Å². The standard InChI is InChI=1S/C48H29N/c1-4-16-38-33(11-1)34-12-2-6-18-40(34)47-45(38)42-29-41(32-23-21-30(22-24-32)31-25-27-49-28-26-31)35-13-3-5-17-39(35)46(42)48(47)43-19-9-7-14-36(43)37-15-8-10-20-44(37)48/h1-29H. The third kappa shape index (κ3) is 3.41. The number of benzene rings is 8. The molecular weight excluding hydrogens is 591 g/mol. The summed E-state index contributed by atoms with van der Waals surface area (Å²) in [6, 6.07) is 61.2. The Balaban J connectivity index is 1.34. The SMILES string of the molecule is c1ccc2c(c1)-c1ccccc1C21c2c(cc(-c3ccc(-c4ccncc4)cc3)c3ccccc23)-c2c1c1ccccc1c1ccccc21. The van der Waals surface area contributed by atoms with Gasteiger partial charge < -0.3 is 0 Å². The third-order valence-electron chi connectivity index (χ3n) is 11.2. The van der Waals surface area contributed by atoms with E-state index in [-0.39, 0.29) is 0 Å². The van der Waals surface area contributed by atoms with E-state index in [9.17, 15) is 0 Å². The van der Waals surface area contributed by atoms with Gasteiger partial charge in [-0.15, -0.1) is 0 Å². The van der Waals surface area contributed by atoms with Gasteiger partial charge in [-0.2, -0.15) is 0 Å². The van der Waals surface area contributed by atoms with E-state index >= 15 is 0 Å². The van der Waals surface area contributed by atoms with Crippen LogP contribution in [0.15, 0.2) is 176 Å². The second-order valence-corrected chi connectivity index (χ2v) is 13.4. The number of rotatable bonds is 2. The lowest BCUT2D eigenvalue weighted by Crippen LogP contribution is -2.26. The van der Waals surface area contributed by atoms with Gasteiger partial charge in [0.15, 0.2) is 0 Å². The van der Waals surface area contributed by atoms with Gasteiger partial charge in [-0.1, -0.05) is 146 Å². The van der Waals surface area contributed by atoms with Crippen molar-refractivity contribution in [1.82, 2.24) is 4.98 Å². The Morgan fingerprint density at radius 1 is 0.327 bits per heavy atom. The number of pyridine rings is 1. The molecule has 8 aromatic carbocycles. The minimum atomic E-state index is -0.467. The average molecular weight is 620 g/mol. The second-order valence-electron chi connectivity index (χ2n) is 13.4. The molecule has 1 nitrogen and oxygen atoms in total. The van der Waals surface area contributed by atoms with Crippen molar-refractivity contribution in [2.24, 2.45) is 0 Å². The van der Waals surface area contributed by atoms with Gasteiger partial charge in [0.05, 0.1) is 5.41 Å². The van der Waals surface area contributed by atoms with E-state index in [0.717, 1.165) is 0 Å². The van der Waals surface area contributed by atoms with Crippen LogP contribution in [0.5, 0.6) is 0 Å². The Labute approximate surface area is 284 Å². The molecule has 1 heterocycles. The van der Waals surface area contributed by atoms with Crippen LogP contribution < -0.4 is 0 Å². The van der Waals surface area contributed by atoms with Gasteiger partial charge in [-0.25, -0.2) is 0 Å². The molecule has 0 saturated heterocycles. The summed E-state index contributed by atoms with van der Waals surface area (Å²) in [6.07, 6.45) is 3.72. The topological polar surface area (TPSA) is 12.9 Å². The highest BCUT2D eigenvalue weighted by atomic mass is 14.6. The largest absolute Gasteiger partial charge is 0.265 e. The molecule has 49 heavy (non-hydrogen) atoms. The quantitative estimate of drug-likeness (QED) is 0.175. The molecule has 0 N–H and O–H groups in total. The lowest BCUT2D eigenvalue weighted by molar-refractivity contribution is 0.809. The maximum absolute atomic E-state index is 4.22. The fourth-order valence-electron chi connectivity index (χ4n) is 9.31. The predicted molar refractivity (Wildman–Crippen MR) is 204 cm³/mol. The van der Waals surface area contributed by atoms with E-state index in [1.165, 1.54) is 99.1 Å². The summed E-state index contributed by atoms with van der Waals surface area (Å²) in [7, 11) is 0. The van der Waals surface area contributed by atoms with Gasteiger partial charge in [-0.3, -0.25) is 4.98 Å². The predicted octanol–water partition coefficient (Wildman–Crippen LogP) is 12.2. The molecule has 11 rings (SSSR count). The molecule has 0 amide bonds. The number of fused-ring (bicyclic) bond motifs is 17. The van der Waals surface area contributed by atoms with E-state index in [2.05, 4.69) is 169 Å². The van der Waals surface area contributed by atoms with E-state index < -0.39 is 5.41 Å². The van der Waals surface area contributed by atoms with Gasteiger partial charge in [0.25, 0.3) is 0 Å². The second kappa shape index (κ2) is 9.86. The molecule has 2 aliphatic carbocycles. The van der Waals surface area contributed by atoms with Crippen LogP contribution in [0, 0.1) is 0 Å². The average Bonchev–Trinajstić information content (AvgIpc) is 3.66. The molecule has 0 saturated carbocycles. The summed E-state index contributed by atoms with van der Waals surface area (Å²) < 4.78 is 0. The van der Waals surface area contributed by atoms with Crippen molar-refractivity contribution >= 4 is 32.3 Å². The maximum atomic E-state index is 4.22. The Hall–Kier alpha value is -6.31. The van der Waals surface area contributed by atoms with Gasteiger partial charge in [0.2, 0.25) is 0 Å². The Morgan fingerprint density at radius 3 is 1.45 bits per heavy atom. The number of hydrogen-bond acceptors (Lipinski definition) is 1. The molecule has 0 fully saturated rings. The van der Waals surface area contributed by atoms with Crippen molar-refractivity contribution in [3.05, 3.63) is 198 Å². The van der Waals surface area contributed by atoms with Crippen molar-refractivity contribution in [3.8, 4) is 44.5 Å². The molecule has 1 heteroatoms. The number of hydrogen-bond donors (Lipinski definition) is 0. The Bertz CT molecular complexity index is 2760. The van der Waals surface area contributed by atoms with Crippen LogP contribution in [0.3, 0.4) is 0 Å². The van der Waals surface area contributed by atoms with Crippen molar-refractivity contribution in [3.63, 3.8) is 0 Å². The highest BCUT2D eigenvalue weighted by Crippen LogP contribution is 2.67. The first-order chi connectivity index (χ1) is 24.3. The van der Waals surface area contributed by atoms with Gasteiger partial charge in [0, 0.05) is 12.4 Å². The molecule has 0 atom stereocenters. The van der Waals surface area contributed by atoms with Gasteiger partial charge in [-0.05, 0) is 117 Å². The highest BCUT2D eigenvalue weighted by Gasteiger charge is 2.53. The summed E-state index contributed by atoms with van der Waals surface area (Å²) in [5, 5.41) is 7.83. The van der Waals surface area contributed by atoms with E-state index in [4.69, 9.17) is 0 Å². The molecule has 0 radical (unpaired) electrons. The molecule has 1 spiro atoms. The molecular formula is C48H29N. The Morgan fingerprint density at radius 2 is 0.796 bits per heavy atom. The van der Waals surface area contributed by atoms with E-state index in [1.54, 1.807) is 0 Å². The van der Waals surface area contributed by atoms with Crippen LogP contribution in [-0.2, 0) is 5.41 Å². The summed E-state index contributed by atoms with van der Waals surface area (Å²) in [4.78, 5) is 4.22. The van der Waals surface area contributed by atoms with Gasteiger partial charge >= 0.3 is 0 Å². The monoisotopic (exact) mass is 619 g/mol. The zero-order valence-corrected chi connectivity index (χ0v) is 26.7. The van der Waals surface area contributed by atoms with Crippen molar-refractivity contribution in [2.45, 2.75) is 5.41 Å². The zero-order chi connectivity index (χ0) is 32.1. The smallest absolute Gasteiger partial charge is 0.0737 e. The summed E-state index contributed by atoms with van der Waals surface area (Å²) in [6.45, 7) is 0. The molecule has 226 valence electrons. The van der Waals surface area contributed by atoms with Crippen LogP contribution in [0.25, 0.3) is 76.8 Å². The zero-order valence-electron chi connectivity index (χ0n) is 26.7. The van der Waals surface area contributed by atoms with Crippen LogP contribution in [0.2, 0.25) is 0 Å². The molecule has 9 aromatic rings. The van der Waals surface area contributed by atoms with Crippen LogP contribution in [-0.4, -0.2) is 4.98 Å². The third-order valence-corrected chi connectivity index (χ3v) is 11.2. The van der Waals surface area contributed by atoms with Gasteiger partial charge in [0.1, 0.15) is 0 Å². The van der Waals surface area contributed by atoms with Crippen molar-refractivity contribution in [1.29, 1.82) is 0 Å². The first-order valence-corrected chi connectivity index (χ1v) is 17.0. The minimum Gasteiger partial charge on any atom is -0.265 e. The summed E-state index contributed by atoms with van der Waals surface area (Å²) >= 11 is 0. The number of nitrogens with zero attached hydrogens (tertiary/aromatic N) is 1. The van der Waals surface area contributed by atoms with Crippen LogP contribution in [0.4, 0.5) is 0 Å². The molecule has 1 aromatic heterocycles. The fraction of sp³-hybridized carbons (Fsp3) is 0.0208. The van der Waals surface area contributed by atoms with Crippen LogP contribution >= 0.6 is 0 Å². The number of aromatic nitrogens is 1. The first kappa shape index (κ1) is 26.7. The molecule has 0 aliphatic heterocycles. The molecule has 2 aliphatic rings. The normalized spacial score (nSPS) is 13.5. The van der Waals surface area contributed by atoms with E-state index in [1.807, 2.05) is 12.4 Å². The fourth-order valence-corrected chi connectivity index (χ4v) is 9.31. The lowest BCUT2D eigenvalue weighted by Gasteiger charge is -2.33. The summed E-state index contributed by atoms with van der Waals surface area (Å²) in [5.74, 6) is 0. The van der Waals surface area contributed by atoms with Crippen molar-refractivity contribution in [2.75, 3.05) is 0 Å². The molecule has 0 unspecified atom stereocenters. The Kier molecular flexibility index (Phi) is 5.38. The first-order valence-electron chi connectivity index (χ1n) is 17.0. The maximum Gasteiger partial charge on any atom is 0.0737 e. The lowest BCUT2D eigenvalue weighted by atomic mass is 9.68.